The molecule has 2 aliphatic heterocycles. The zero-order valence-electron chi connectivity index (χ0n) is 12.3. The van der Waals surface area contributed by atoms with Gasteiger partial charge in [-0.15, -0.1) is 0 Å². The number of hydrogen-bond acceptors (Lipinski definition) is 4. The van der Waals surface area contributed by atoms with E-state index in [1.807, 2.05) is 17.8 Å². The molecule has 2 aliphatic rings. The molecule has 7 heteroatoms. The Labute approximate surface area is 149 Å². The molecule has 2 amide bonds. The van der Waals surface area contributed by atoms with Crippen LogP contribution in [-0.2, 0) is 9.59 Å². The minimum atomic E-state index is -0.413. The first-order valence-corrected chi connectivity index (χ1v) is 9.25. The van der Waals surface area contributed by atoms with E-state index < -0.39 is 5.91 Å². The van der Waals surface area contributed by atoms with Crippen LogP contribution in [0, 0.1) is 5.92 Å². The molecule has 23 heavy (non-hydrogen) atoms. The van der Waals surface area contributed by atoms with Crippen LogP contribution >= 0.6 is 35.6 Å². The van der Waals surface area contributed by atoms with Crippen molar-refractivity contribution in [2.75, 3.05) is 16.4 Å². The van der Waals surface area contributed by atoms with E-state index in [-0.39, 0.29) is 22.5 Å². The predicted octanol–water partition coefficient (Wildman–Crippen LogP) is 3.16. The Bertz CT molecular complexity index is 682. The molecule has 4 nitrogen and oxygen atoms in total. The maximum atomic E-state index is 12.8. The van der Waals surface area contributed by atoms with Crippen molar-refractivity contribution in [2.45, 2.75) is 12.8 Å². The number of nitrogens with one attached hydrogen (secondary N) is 1. The third kappa shape index (κ3) is 3.59. The SMILES string of the molecule is O=C1NC(=S)N(c2ccc(Cl)cc2)C(=O)/C1=C\C1CCSCC1. The van der Waals surface area contributed by atoms with Gasteiger partial charge >= 0.3 is 0 Å². The van der Waals surface area contributed by atoms with Crippen LogP contribution in [-0.4, -0.2) is 28.4 Å². The van der Waals surface area contributed by atoms with Gasteiger partial charge in [0.15, 0.2) is 5.11 Å². The van der Waals surface area contributed by atoms with Crippen molar-refractivity contribution in [3.63, 3.8) is 0 Å². The fourth-order valence-corrected chi connectivity index (χ4v) is 4.17. The highest BCUT2D eigenvalue weighted by Crippen LogP contribution is 2.27. The van der Waals surface area contributed by atoms with Gasteiger partial charge in [0.05, 0.1) is 5.69 Å². The third-order valence-electron chi connectivity index (χ3n) is 3.85. The summed E-state index contributed by atoms with van der Waals surface area (Å²) in [6.45, 7) is 0. The van der Waals surface area contributed by atoms with Gasteiger partial charge in [0.2, 0.25) is 0 Å². The first-order chi connectivity index (χ1) is 11.1. The number of carbonyl (C=O) groups is 2. The molecule has 0 atom stereocenters. The Hall–Kier alpha value is -1.37. The number of amides is 2. The molecule has 0 spiro atoms. The van der Waals surface area contributed by atoms with Crippen LogP contribution in [0.4, 0.5) is 5.69 Å². The van der Waals surface area contributed by atoms with Crippen molar-refractivity contribution in [3.8, 4) is 0 Å². The highest BCUT2D eigenvalue weighted by molar-refractivity contribution is 7.99. The second-order valence-electron chi connectivity index (χ2n) is 5.41. The molecule has 2 fully saturated rings. The number of rotatable bonds is 2. The minimum Gasteiger partial charge on any atom is -0.298 e. The van der Waals surface area contributed by atoms with Gasteiger partial charge in [-0.25, -0.2) is 0 Å². The number of thioether (sulfide) groups is 1. The molecule has 1 aromatic carbocycles. The molecule has 0 aliphatic carbocycles. The molecular formula is C16H15ClN2O2S2. The normalized spacial score (nSPS) is 21.7. The Morgan fingerprint density at radius 2 is 1.87 bits per heavy atom. The summed E-state index contributed by atoms with van der Waals surface area (Å²) in [6, 6.07) is 6.79. The number of thiocarbonyl (C=S) groups is 1. The molecule has 2 saturated heterocycles. The fraction of sp³-hybridized carbons (Fsp3) is 0.312. The van der Waals surface area contributed by atoms with E-state index in [0.717, 1.165) is 24.3 Å². The zero-order chi connectivity index (χ0) is 16.4. The van der Waals surface area contributed by atoms with Crippen LogP contribution in [0.1, 0.15) is 12.8 Å². The van der Waals surface area contributed by atoms with Gasteiger partial charge in [-0.3, -0.25) is 19.8 Å². The highest BCUT2D eigenvalue weighted by Gasteiger charge is 2.35. The summed E-state index contributed by atoms with van der Waals surface area (Å²) in [7, 11) is 0. The lowest BCUT2D eigenvalue weighted by atomic mass is 9.97. The second kappa shape index (κ2) is 7.03. The largest absolute Gasteiger partial charge is 0.298 e. The van der Waals surface area contributed by atoms with Gasteiger partial charge in [0.25, 0.3) is 11.8 Å². The quantitative estimate of drug-likeness (QED) is 0.496. The Morgan fingerprint density at radius 3 is 2.52 bits per heavy atom. The molecule has 1 N–H and O–H groups in total. The number of benzene rings is 1. The lowest BCUT2D eigenvalue weighted by molar-refractivity contribution is -0.122. The van der Waals surface area contributed by atoms with E-state index in [1.54, 1.807) is 24.3 Å². The average Bonchev–Trinajstić information content (AvgIpc) is 2.54. The molecule has 0 radical (unpaired) electrons. The minimum absolute atomic E-state index is 0.0960. The van der Waals surface area contributed by atoms with E-state index in [2.05, 4.69) is 5.32 Å². The van der Waals surface area contributed by atoms with Crippen molar-refractivity contribution in [3.05, 3.63) is 40.9 Å². The lowest BCUT2D eigenvalue weighted by Crippen LogP contribution is -2.54. The summed E-state index contributed by atoms with van der Waals surface area (Å²) >= 11 is 13.0. The molecule has 2 heterocycles. The molecule has 0 saturated carbocycles. The van der Waals surface area contributed by atoms with Crippen LogP contribution in [0.2, 0.25) is 5.02 Å². The van der Waals surface area contributed by atoms with Crippen LogP contribution in [0.3, 0.4) is 0 Å². The average molecular weight is 367 g/mol. The number of hydrogen-bond donors (Lipinski definition) is 1. The van der Waals surface area contributed by atoms with Gasteiger partial charge in [-0.05, 0) is 66.7 Å². The first-order valence-electron chi connectivity index (χ1n) is 7.31. The van der Waals surface area contributed by atoms with Crippen molar-refractivity contribution in [1.29, 1.82) is 0 Å². The van der Waals surface area contributed by atoms with Crippen LogP contribution in [0.15, 0.2) is 35.9 Å². The third-order valence-corrected chi connectivity index (χ3v) is 5.44. The molecular weight excluding hydrogens is 352 g/mol. The Morgan fingerprint density at radius 1 is 1.22 bits per heavy atom. The van der Waals surface area contributed by atoms with Crippen molar-refractivity contribution >= 4 is 58.2 Å². The first kappa shape index (κ1) is 16.5. The van der Waals surface area contributed by atoms with E-state index >= 15 is 0 Å². The number of carbonyl (C=O) groups excluding carboxylic acids is 2. The summed E-state index contributed by atoms with van der Waals surface area (Å²) in [6.07, 6.45) is 3.78. The van der Waals surface area contributed by atoms with Gasteiger partial charge in [-0.1, -0.05) is 17.7 Å². The smallest absolute Gasteiger partial charge is 0.269 e. The maximum absolute atomic E-state index is 12.8. The van der Waals surface area contributed by atoms with Crippen LogP contribution in [0.5, 0.6) is 0 Å². The summed E-state index contributed by atoms with van der Waals surface area (Å²) in [5, 5.41) is 3.27. The number of nitrogens with zero attached hydrogens (tertiary/aromatic N) is 1. The second-order valence-corrected chi connectivity index (χ2v) is 7.45. The van der Waals surface area contributed by atoms with Gasteiger partial charge in [-0.2, -0.15) is 11.8 Å². The van der Waals surface area contributed by atoms with Crippen molar-refractivity contribution < 1.29 is 9.59 Å². The number of halogens is 1. The molecule has 0 aromatic heterocycles. The van der Waals surface area contributed by atoms with E-state index in [1.165, 1.54) is 4.90 Å². The maximum Gasteiger partial charge on any atom is 0.269 e. The predicted molar refractivity (Wildman–Crippen MR) is 97.8 cm³/mol. The molecule has 3 rings (SSSR count). The molecule has 0 unspecified atom stereocenters. The van der Waals surface area contributed by atoms with Gasteiger partial charge < -0.3 is 0 Å². The zero-order valence-corrected chi connectivity index (χ0v) is 14.6. The van der Waals surface area contributed by atoms with Crippen LogP contribution in [0.25, 0.3) is 0 Å². The van der Waals surface area contributed by atoms with Crippen LogP contribution < -0.4 is 10.2 Å². The summed E-state index contributed by atoms with van der Waals surface area (Å²) in [5.74, 6) is 1.59. The number of anilines is 1. The summed E-state index contributed by atoms with van der Waals surface area (Å²) in [5.41, 5.74) is 0.764. The van der Waals surface area contributed by atoms with Crippen molar-refractivity contribution in [1.82, 2.24) is 5.32 Å². The Balaban J connectivity index is 1.90. The van der Waals surface area contributed by atoms with Gasteiger partial charge in [0.1, 0.15) is 5.57 Å². The summed E-state index contributed by atoms with van der Waals surface area (Å²) < 4.78 is 0. The van der Waals surface area contributed by atoms with E-state index in [4.69, 9.17) is 23.8 Å². The van der Waals surface area contributed by atoms with Crippen molar-refractivity contribution in [2.24, 2.45) is 5.92 Å². The number of allylic oxidation sites excluding steroid dienone is 1. The molecule has 1 aromatic rings. The fourth-order valence-electron chi connectivity index (χ4n) is 2.62. The highest BCUT2D eigenvalue weighted by atomic mass is 35.5. The lowest BCUT2D eigenvalue weighted by Gasteiger charge is -2.30. The topological polar surface area (TPSA) is 49.4 Å². The molecule has 0 bridgehead atoms. The monoisotopic (exact) mass is 366 g/mol. The van der Waals surface area contributed by atoms with E-state index in [9.17, 15) is 9.59 Å². The summed E-state index contributed by atoms with van der Waals surface area (Å²) in [4.78, 5) is 26.3. The Kier molecular flexibility index (Phi) is 5.04. The van der Waals surface area contributed by atoms with E-state index in [0.29, 0.717) is 10.7 Å². The van der Waals surface area contributed by atoms with Gasteiger partial charge in [0, 0.05) is 5.02 Å². The molecule has 120 valence electrons. The standard InChI is InChI=1S/C16H15ClN2O2S2/c17-11-1-3-12(4-2-11)19-15(21)13(14(20)18-16(19)22)9-10-5-7-23-8-6-10/h1-4,9-10H,5-8H2,(H,18,20,22)/b13-9-.